The lowest BCUT2D eigenvalue weighted by Gasteiger charge is -2.09. The number of aromatic nitrogens is 1. The number of aryl methyl sites for hydroxylation is 1. The van der Waals surface area contributed by atoms with Gasteiger partial charge in [-0.25, -0.2) is 4.98 Å². The number of nitrogens with zero attached hydrogens (tertiary/aromatic N) is 2. The molecule has 1 aromatic carbocycles. The van der Waals surface area contributed by atoms with E-state index in [1.807, 2.05) is 0 Å². The number of benzene rings is 1. The minimum absolute atomic E-state index is 0.00351. The van der Waals surface area contributed by atoms with Gasteiger partial charge in [0.25, 0.3) is 5.69 Å². The Morgan fingerprint density at radius 3 is 2.76 bits per heavy atom. The Labute approximate surface area is 129 Å². The highest BCUT2D eigenvalue weighted by Gasteiger charge is 2.11. The molecule has 0 aliphatic rings. The molecular weight excluding hydrogens is 340 g/mol. The fourth-order valence-electron chi connectivity index (χ4n) is 1.69. The molecule has 21 heavy (non-hydrogen) atoms. The van der Waals surface area contributed by atoms with Crippen molar-refractivity contribution in [1.29, 1.82) is 0 Å². The summed E-state index contributed by atoms with van der Waals surface area (Å²) in [5, 5.41) is 10.7. The van der Waals surface area contributed by atoms with Crippen molar-refractivity contribution in [2.24, 2.45) is 0 Å². The number of aldehydes is 1. The second-order valence-corrected chi connectivity index (χ2v) is 5.13. The summed E-state index contributed by atoms with van der Waals surface area (Å²) in [6.07, 6.45) is 0.632. The van der Waals surface area contributed by atoms with Crippen molar-refractivity contribution in [2.75, 3.05) is 0 Å². The first-order valence-electron chi connectivity index (χ1n) is 5.99. The van der Waals surface area contributed by atoms with Gasteiger partial charge in [-0.15, -0.1) is 0 Å². The van der Waals surface area contributed by atoms with Crippen LogP contribution >= 0.6 is 15.9 Å². The van der Waals surface area contributed by atoms with E-state index < -0.39 is 4.92 Å². The minimum Gasteiger partial charge on any atom is -0.486 e. The summed E-state index contributed by atoms with van der Waals surface area (Å²) in [6.45, 7) is 1.95. The molecule has 2 rings (SSSR count). The number of ether oxygens (including phenoxy) is 1. The number of rotatable bonds is 5. The summed E-state index contributed by atoms with van der Waals surface area (Å²) in [4.78, 5) is 25.2. The molecule has 108 valence electrons. The molecule has 0 bridgehead atoms. The van der Waals surface area contributed by atoms with Gasteiger partial charge in [0.1, 0.15) is 18.1 Å². The van der Waals surface area contributed by atoms with Crippen molar-refractivity contribution in [3.8, 4) is 5.75 Å². The third-order valence-corrected chi connectivity index (χ3v) is 3.51. The van der Waals surface area contributed by atoms with Gasteiger partial charge < -0.3 is 4.74 Å². The minimum atomic E-state index is -0.468. The van der Waals surface area contributed by atoms with Crippen LogP contribution in [-0.4, -0.2) is 16.2 Å². The molecule has 7 heteroatoms. The Morgan fingerprint density at radius 1 is 1.38 bits per heavy atom. The van der Waals surface area contributed by atoms with Crippen LogP contribution in [0.5, 0.6) is 5.75 Å². The van der Waals surface area contributed by atoms with E-state index in [2.05, 4.69) is 20.9 Å². The van der Waals surface area contributed by atoms with Gasteiger partial charge in [-0.2, -0.15) is 0 Å². The van der Waals surface area contributed by atoms with Crippen molar-refractivity contribution in [1.82, 2.24) is 4.98 Å². The first-order chi connectivity index (χ1) is 10.0. The molecule has 0 aliphatic heterocycles. The first-order valence-corrected chi connectivity index (χ1v) is 6.79. The van der Waals surface area contributed by atoms with Crippen LogP contribution < -0.4 is 4.74 Å². The van der Waals surface area contributed by atoms with Gasteiger partial charge in [0.05, 0.1) is 4.92 Å². The molecule has 0 aliphatic carbocycles. The largest absolute Gasteiger partial charge is 0.486 e. The molecule has 0 N–H and O–H groups in total. The van der Waals surface area contributed by atoms with Gasteiger partial charge in [-0.3, -0.25) is 14.9 Å². The van der Waals surface area contributed by atoms with E-state index in [4.69, 9.17) is 4.74 Å². The summed E-state index contributed by atoms with van der Waals surface area (Å²) in [5.74, 6) is 0.376. The van der Waals surface area contributed by atoms with E-state index in [0.29, 0.717) is 16.5 Å². The zero-order valence-electron chi connectivity index (χ0n) is 11.1. The summed E-state index contributed by atoms with van der Waals surface area (Å²) < 4.78 is 6.13. The topological polar surface area (TPSA) is 82.3 Å². The normalized spacial score (nSPS) is 10.2. The lowest BCUT2D eigenvalue weighted by atomic mass is 10.2. The van der Waals surface area contributed by atoms with Gasteiger partial charge in [0.15, 0.2) is 6.29 Å². The van der Waals surface area contributed by atoms with Crippen LogP contribution in [0.2, 0.25) is 0 Å². The van der Waals surface area contributed by atoms with Crippen LogP contribution in [0.15, 0.2) is 34.8 Å². The monoisotopic (exact) mass is 350 g/mol. The van der Waals surface area contributed by atoms with Crippen molar-refractivity contribution in [3.05, 3.63) is 61.9 Å². The number of nitro groups is 1. The van der Waals surface area contributed by atoms with E-state index in [1.165, 1.54) is 12.1 Å². The molecule has 0 saturated carbocycles. The predicted octanol–water partition coefficient (Wildman–Crippen LogP) is 3.45. The second-order valence-electron chi connectivity index (χ2n) is 4.28. The maximum absolute atomic E-state index is 11.0. The van der Waals surface area contributed by atoms with Crippen LogP contribution in [0.25, 0.3) is 0 Å². The molecule has 2 aromatic rings. The number of pyridine rings is 1. The number of hydrogen-bond donors (Lipinski definition) is 0. The van der Waals surface area contributed by atoms with E-state index in [-0.39, 0.29) is 18.0 Å². The lowest BCUT2D eigenvalue weighted by Crippen LogP contribution is -2.02. The standard InChI is InChI=1S/C14H11BrN2O4/c1-9-2-5-14(13(7-18)16-9)21-8-10-3-4-11(17(19)20)6-12(10)15/h2-7H,8H2,1H3. The third-order valence-electron chi connectivity index (χ3n) is 2.77. The number of nitro benzene ring substituents is 1. The SMILES string of the molecule is Cc1ccc(OCc2ccc([N+](=O)[O-])cc2Br)c(C=O)n1. The van der Waals surface area contributed by atoms with Crippen molar-refractivity contribution in [3.63, 3.8) is 0 Å². The molecule has 0 spiro atoms. The maximum atomic E-state index is 11.0. The van der Waals surface area contributed by atoms with E-state index in [9.17, 15) is 14.9 Å². The predicted molar refractivity (Wildman–Crippen MR) is 79.5 cm³/mol. The molecule has 0 amide bonds. The van der Waals surface area contributed by atoms with Gasteiger partial charge in [0.2, 0.25) is 0 Å². The summed E-state index contributed by atoms with van der Waals surface area (Å²) >= 11 is 3.27. The Kier molecular flexibility index (Phi) is 4.64. The second kappa shape index (κ2) is 6.45. The van der Waals surface area contributed by atoms with Gasteiger partial charge in [-0.05, 0) is 25.1 Å². The highest BCUT2D eigenvalue weighted by Crippen LogP contribution is 2.25. The number of non-ortho nitro benzene ring substituents is 1. The Balaban J connectivity index is 2.17. The number of carbonyl (C=O) groups is 1. The van der Waals surface area contributed by atoms with Gasteiger partial charge >= 0.3 is 0 Å². The van der Waals surface area contributed by atoms with Crippen LogP contribution in [0.4, 0.5) is 5.69 Å². The fraction of sp³-hybridized carbons (Fsp3) is 0.143. The average Bonchev–Trinajstić information content (AvgIpc) is 2.46. The van der Waals surface area contributed by atoms with E-state index in [0.717, 1.165) is 11.3 Å². The molecule has 0 fully saturated rings. The summed E-state index contributed by atoms with van der Waals surface area (Å²) in [5.41, 5.74) is 1.68. The molecule has 0 radical (unpaired) electrons. The van der Waals surface area contributed by atoms with Crippen molar-refractivity contribution >= 4 is 27.9 Å². The summed E-state index contributed by atoms with van der Waals surface area (Å²) in [6, 6.07) is 7.83. The van der Waals surface area contributed by atoms with E-state index in [1.54, 1.807) is 25.1 Å². The van der Waals surface area contributed by atoms with E-state index >= 15 is 0 Å². The number of halogens is 1. The molecule has 6 nitrogen and oxygen atoms in total. The van der Waals surface area contributed by atoms with Crippen molar-refractivity contribution in [2.45, 2.75) is 13.5 Å². The number of carbonyl (C=O) groups excluding carboxylic acids is 1. The fourth-order valence-corrected chi connectivity index (χ4v) is 2.17. The van der Waals surface area contributed by atoms with Crippen LogP contribution in [0, 0.1) is 17.0 Å². The van der Waals surface area contributed by atoms with Gasteiger partial charge in [0, 0.05) is 27.9 Å². The Morgan fingerprint density at radius 2 is 2.14 bits per heavy atom. The number of hydrogen-bond acceptors (Lipinski definition) is 5. The first kappa shape index (κ1) is 15.1. The highest BCUT2D eigenvalue weighted by molar-refractivity contribution is 9.10. The Hall–Kier alpha value is -2.28. The third kappa shape index (κ3) is 3.63. The highest BCUT2D eigenvalue weighted by atomic mass is 79.9. The Bertz CT molecular complexity index is 703. The molecule has 1 aromatic heterocycles. The molecule has 0 unspecified atom stereocenters. The van der Waals surface area contributed by atoms with Crippen molar-refractivity contribution < 1.29 is 14.5 Å². The molecule has 0 saturated heterocycles. The lowest BCUT2D eigenvalue weighted by molar-refractivity contribution is -0.384. The van der Waals surface area contributed by atoms with Crippen LogP contribution in [-0.2, 0) is 6.61 Å². The zero-order chi connectivity index (χ0) is 15.4. The zero-order valence-corrected chi connectivity index (χ0v) is 12.7. The average molecular weight is 351 g/mol. The molecule has 0 atom stereocenters. The smallest absolute Gasteiger partial charge is 0.270 e. The quantitative estimate of drug-likeness (QED) is 0.468. The molecule has 1 heterocycles. The van der Waals surface area contributed by atoms with Gasteiger partial charge in [-0.1, -0.05) is 15.9 Å². The maximum Gasteiger partial charge on any atom is 0.270 e. The summed E-state index contributed by atoms with van der Waals surface area (Å²) in [7, 11) is 0. The van der Waals surface area contributed by atoms with Crippen LogP contribution in [0.1, 0.15) is 21.7 Å². The molecular formula is C14H11BrN2O4. The van der Waals surface area contributed by atoms with Crippen LogP contribution in [0.3, 0.4) is 0 Å².